The fourth-order valence-electron chi connectivity index (χ4n) is 3.34. The molecular weight excluding hydrogens is 328 g/mol. The van der Waals surface area contributed by atoms with Gasteiger partial charge in [-0.1, -0.05) is 24.3 Å². The molecule has 0 amide bonds. The van der Waals surface area contributed by atoms with Crippen LogP contribution in [0.4, 0.5) is 0 Å². The van der Waals surface area contributed by atoms with Gasteiger partial charge in [0, 0.05) is 11.7 Å². The fourth-order valence-corrected chi connectivity index (χ4v) is 3.34. The molecule has 140 valence electrons. The molecule has 2 aromatic rings. The Morgan fingerprint density at radius 3 is 2.42 bits per heavy atom. The number of H-pyrrole nitrogens is 1. The van der Waals surface area contributed by atoms with Crippen LogP contribution in [0.15, 0.2) is 24.3 Å². The van der Waals surface area contributed by atoms with Crippen LogP contribution in [0.1, 0.15) is 70.0 Å². The molecular formula is C21H28N2O3. The number of carbonyl (C=O) groups excluding carboxylic acids is 2. The number of ketones is 1. The third-order valence-corrected chi connectivity index (χ3v) is 4.71. The summed E-state index contributed by atoms with van der Waals surface area (Å²) in [5, 5.41) is 3.36. The fraction of sp³-hybridized carbons (Fsp3) is 0.429. The predicted octanol–water partition coefficient (Wildman–Crippen LogP) is 4.04. The van der Waals surface area contributed by atoms with Gasteiger partial charge in [0.15, 0.2) is 5.78 Å². The standard InChI is InChI=1S/C21H28N2O3/c1-7-26-21(25)18-13(3)19(23-15(18)5)20(24)16(6)22-14(4)17-11-9-8-10-12(17)2/h8-11,14,16,22-23H,7H2,1-6H3/t14-,16-/m1/s1. The van der Waals surface area contributed by atoms with E-state index < -0.39 is 12.0 Å². The average Bonchev–Trinajstić information content (AvgIpc) is 2.89. The Morgan fingerprint density at radius 2 is 1.81 bits per heavy atom. The molecule has 2 atom stereocenters. The second-order valence-corrected chi connectivity index (χ2v) is 6.68. The largest absolute Gasteiger partial charge is 0.462 e. The van der Waals surface area contributed by atoms with Gasteiger partial charge in [-0.05, 0) is 58.2 Å². The van der Waals surface area contributed by atoms with Crippen LogP contribution in [0.2, 0.25) is 0 Å². The first kappa shape index (κ1) is 19.9. The number of carbonyl (C=O) groups is 2. The zero-order chi connectivity index (χ0) is 19.4. The van der Waals surface area contributed by atoms with E-state index in [1.54, 1.807) is 20.8 Å². The van der Waals surface area contributed by atoms with Crippen LogP contribution in [0.25, 0.3) is 0 Å². The Balaban J connectivity index is 2.20. The van der Waals surface area contributed by atoms with Gasteiger partial charge in [-0.3, -0.25) is 4.79 Å². The molecule has 1 aromatic carbocycles. The van der Waals surface area contributed by atoms with Gasteiger partial charge in [0.1, 0.15) is 0 Å². The normalized spacial score (nSPS) is 13.3. The number of aromatic amines is 1. The van der Waals surface area contributed by atoms with Crippen molar-refractivity contribution in [3.05, 3.63) is 57.9 Å². The zero-order valence-corrected chi connectivity index (χ0v) is 16.4. The maximum absolute atomic E-state index is 12.9. The molecule has 5 nitrogen and oxygen atoms in total. The second-order valence-electron chi connectivity index (χ2n) is 6.68. The van der Waals surface area contributed by atoms with Gasteiger partial charge in [0.25, 0.3) is 0 Å². The lowest BCUT2D eigenvalue weighted by Crippen LogP contribution is -2.36. The summed E-state index contributed by atoms with van der Waals surface area (Å²) in [6.07, 6.45) is 0. The van der Waals surface area contributed by atoms with Gasteiger partial charge in [-0.15, -0.1) is 0 Å². The highest BCUT2D eigenvalue weighted by Gasteiger charge is 2.26. The molecule has 1 heterocycles. The van der Waals surface area contributed by atoms with Crippen LogP contribution in [0.3, 0.4) is 0 Å². The van der Waals surface area contributed by atoms with E-state index in [2.05, 4.69) is 29.4 Å². The van der Waals surface area contributed by atoms with E-state index in [0.717, 1.165) is 0 Å². The van der Waals surface area contributed by atoms with Gasteiger partial charge >= 0.3 is 5.97 Å². The van der Waals surface area contributed by atoms with Crippen LogP contribution in [-0.4, -0.2) is 29.4 Å². The summed E-state index contributed by atoms with van der Waals surface area (Å²) in [7, 11) is 0. The van der Waals surface area contributed by atoms with Crippen molar-refractivity contribution in [2.24, 2.45) is 0 Å². The first-order valence-corrected chi connectivity index (χ1v) is 8.99. The molecule has 0 saturated carbocycles. The minimum absolute atomic E-state index is 0.0380. The number of aromatic nitrogens is 1. The molecule has 0 aliphatic heterocycles. The van der Waals surface area contributed by atoms with Crippen molar-refractivity contribution in [3.8, 4) is 0 Å². The van der Waals surface area contributed by atoms with E-state index in [1.807, 2.05) is 26.0 Å². The molecule has 5 heteroatoms. The molecule has 0 unspecified atom stereocenters. The molecule has 0 spiro atoms. The van der Waals surface area contributed by atoms with E-state index in [1.165, 1.54) is 11.1 Å². The molecule has 0 aliphatic carbocycles. The average molecular weight is 356 g/mol. The van der Waals surface area contributed by atoms with Crippen molar-refractivity contribution in [2.45, 2.75) is 53.6 Å². The molecule has 1 aromatic heterocycles. The first-order chi connectivity index (χ1) is 12.3. The Labute approximate surface area is 155 Å². The topological polar surface area (TPSA) is 71.2 Å². The van der Waals surface area contributed by atoms with Crippen molar-refractivity contribution >= 4 is 11.8 Å². The summed E-state index contributed by atoms with van der Waals surface area (Å²) in [4.78, 5) is 28.1. The number of aryl methyl sites for hydroxylation is 2. The van der Waals surface area contributed by atoms with Crippen LogP contribution in [0, 0.1) is 20.8 Å². The summed E-state index contributed by atoms with van der Waals surface area (Å²) < 4.78 is 5.09. The number of hydrogen-bond acceptors (Lipinski definition) is 4. The molecule has 0 aliphatic rings. The van der Waals surface area contributed by atoms with E-state index in [4.69, 9.17) is 4.74 Å². The zero-order valence-electron chi connectivity index (χ0n) is 16.4. The van der Waals surface area contributed by atoms with Crippen LogP contribution < -0.4 is 5.32 Å². The molecule has 26 heavy (non-hydrogen) atoms. The Bertz CT molecular complexity index is 808. The van der Waals surface area contributed by atoms with Crippen molar-refractivity contribution < 1.29 is 14.3 Å². The number of nitrogens with one attached hydrogen (secondary N) is 2. The number of hydrogen-bond donors (Lipinski definition) is 2. The van der Waals surface area contributed by atoms with Crippen LogP contribution in [0.5, 0.6) is 0 Å². The summed E-state index contributed by atoms with van der Waals surface area (Å²) in [5.74, 6) is -0.465. The van der Waals surface area contributed by atoms with Crippen molar-refractivity contribution in [2.75, 3.05) is 6.61 Å². The molecule has 0 fully saturated rings. The minimum Gasteiger partial charge on any atom is -0.462 e. The number of rotatable bonds is 7. The van der Waals surface area contributed by atoms with Gasteiger partial charge in [-0.2, -0.15) is 0 Å². The summed E-state index contributed by atoms with van der Waals surface area (Å²) in [6.45, 7) is 11.6. The van der Waals surface area contributed by atoms with E-state index in [-0.39, 0.29) is 11.8 Å². The lowest BCUT2D eigenvalue weighted by Gasteiger charge is -2.21. The highest BCUT2D eigenvalue weighted by atomic mass is 16.5. The van der Waals surface area contributed by atoms with E-state index >= 15 is 0 Å². The number of ether oxygens (including phenoxy) is 1. The molecule has 0 bridgehead atoms. The third kappa shape index (κ3) is 4.05. The maximum atomic E-state index is 12.9. The van der Waals surface area contributed by atoms with Crippen molar-refractivity contribution in [3.63, 3.8) is 0 Å². The Hall–Kier alpha value is -2.40. The number of benzene rings is 1. The molecule has 2 rings (SSSR count). The molecule has 2 N–H and O–H groups in total. The van der Waals surface area contributed by atoms with Crippen LogP contribution in [-0.2, 0) is 4.74 Å². The smallest absolute Gasteiger partial charge is 0.340 e. The van der Waals surface area contributed by atoms with E-state index in [0.29, 0.717) is 29.1 Å². The predicted molar refractivity (Wildman–Crippen MR) is 103 cm³/mol. The SMILES string of the molecule is CCOC(=O)c1c(C)[nH]c(C(=O)[C@@H](C)N[C@H](C)c2ccccc2C)c1C. The lowest BCUT2D eigenvalue weighted by atomic mass is 10.00. The van der Waals surface area contributed by atoms with Gasteiger partial charge in [0.2, 0.25) is 0 Å². The number of esters is 1. The third-order valence-electron chi connectivity index (χ3n) is 4.71. The second kappa shape index (κ2) is 8.32. The molecule has 0 saturated heterocycles. The highest BCUT2D eigenvalue weighted by molar-refractivity contribution is 6.03. The summed E-state index contributed by atoms with van der Waals surface area (Å²) in [5.41, 5.74) is 4.56. The Morgan fingerprint density at radius 1 is 1.15 bits per heavy atom. The van der Waals surface area contributed by atoms with Crippen molar-refractivity contribution in [1.82, 2.24) is 10.3 Å². The lowest BCUT2D eigenvalue weighted by molar-refractivity contribution is 0.0525. The Kier molecular flexibility index (Phi) is 6.37. The summed E-state index contributed by atoms with van der Waals surface area (Å²) in [6, 6.07) is 7.77. The quantitative estimate of drug-likeness (QED) is 0.580. The summed E-state index contributed by atoms with van der Waals surface area (Å²) >= 11 is 0. The van der Waals surface area contributed by atoms with Gasteiger partial charge in [-0.25, -0.2) is 4.79 Å². The van der Waals surface area contributed by atoms with E-state index in [9.17, 15) is 9.59 Å². The van der Waals surface area contributed by atoms with Gasteiger partial charge < -0.3 is 15.0 Å². The number of Topliss-reactive ketones (excluding diaryl/α,β-unsaturated/α-hetero) is 1. The monoisotopic (exact) mass is 356 g/mol. The van der Waals surface area contributed by atoms with Gasteiger partial charge in [0.05, 0.1) is 23.9 Å². The highest BCUT2D eigenvalue weighted by Crippen LogP contribution is 2.22. The first-order valence-electron chi connectivity index (χ1n) is 8.99. The van der Waals surface area contributed by atoms with Crippen molar-refractivity contribution in [1.29, 1.82) is 0 Å². The maximum Gasteiger partial charge on any atom is 0.340 e. The van der Waals surface area contributed by atoms with Crippen LogP contribution >= 0.6 is 0 Å². The molecule has 0 radical (unpaired) electrons. The minimum atomic E-state index is -0.397.